The van der Waals surface area contributed by atoms with Crippen LogP contribution in [-0.2, 0) is 4.74 Å². The number of hydrogen-bond donors (Lipinski definition) is 1. The van der Waals surface area contributed by atoms with E-state index >= 15 is 0 Å². The Kier molecular flexibility index (Phi) is 6.27. The average Bonchev–Trinajstić information content (AvgIpc) is 3.19. The molecule has 1 aromatic carbocycles. The van der Waals surface area contributed by atoms with Crippen molar-refractivity contribution < 1.29 is 14.2 Å². The van der Waals surface area contributed by atoms with E-state index in [1.54, 1.807) is 0 Å². The topological polar surface area (TPSA) is 65.5 Å². The largest absolute Gasteiger partial charge is 0.493 e. The molecule has 27 heavy (non-hydrogen) atoms. The highest BCUT2D eigenvalue weighted by molar-refractivity contribution is 6.34. The maximum absolute atomic E-state index is 6.33. The maximum Gasteiger partial charge on any atom is 0.144 e. The molecule has 2 fully saturated rings. The molecule has 2 aliphatic heterocycles. The third-order valence-electron chi connectivity index (χ3n) is 5.28. The first-order valence-corrected chi connectivity index (χ1v) is 10.2. The van der Waals surface area contributed by atoms with Gasteiger partial charge in [0.2, 0.25) is 0 Å². The van der Waals surface area contributed by atoms with E-state index < -0.39 is 0 Å². The van der Waals surface area contributed by atoms with Gasteiger partial charge >= 0.3 is 0 Å². The van der Waals surface area contributed by atoms with Crippen molar-refractivity contribution in [2.24, 2.45) is 5.92 Å². The van der Waals surface area contributed by atoms with Crippen LogP contribution >= 0.6 is 11.6 Å². The minimum atomic E-state index is 0.114. The quantitative estimate of drug-likeness (QED) is 0.574. The minimum absolute atomic E-state index is 0.114. The van der Waals surface area contributed by atoms with Crippen LogP contribution in [0.15, 0.2) is 18.5 Å². The van der Waals surface area contributed by atoms with Crippen molar-refractivity contribution in [1.29, 1.82) is 0 Å². The van der Waals surface area contributed by atoms with Gasteiger partial charge in [0, 0.05) is 25.0 Å². The Morgan fingerprint density at radius 2 is 2.07 bits per heavy atom. The van der Waals surface area contributed by atoms with Crippen molar-refractivity contribution >= 4 is 22.5 Å². The zero-order valence-electron chi connectivity index (χ0n) is 15.5. The molecule has 1 atom stereocenters. The summed E-state index contributed by atoms with van der Waals surface area (Å²) in [5.41, 5.74) is 0.745. The standard InChI is InChI=1S/C20H26ClN3O3/c21-20-19-17(23-13-24-20)10-16(26-7-1-2-14-3-6-22-12-14)11-18(19)27-15-4-8-25-9-5-15/h10-11,13-15,22H,1-9,12H2. The van der Waals surface area contributed by atoms with Gasteiger partial charge in [-0.15, -0.1) is 0 Å². The molecule has 0 aliphatic carbocycles. The fourth-order valence-corrected chi connectivity index (χ4v) is 4.00. The van der Waals surface area contributed by atoms with Crippen LogP contribution in [0, 0.1) is 5.92 Å². The second-order valence-electron chi connectivity index (χ2n) is 7.26. The summed E-state index contributed by atoms with van der Waals surface area (Å²) in [6.45, 7) is 4.41. The lowest BCUT2D eigenvalue weighted by atomic mass is 10.0. The van der Waals surface area contributed by atoms with E-state index in [-0.39, 0.29) is 6.10 Å². The lowest BCUT2D eigenvalue weighted by Crippen LogP contribution is -2.26. The molecule has 1 aromatic heterocycles. The van der Waals surface area contributed by atoms with Gasteiger partial charge in [-0.2, -0.15) is 0 Å². The number of rotatable bonds is 7. The summed E-state index contributed by atoms with van der Waals surface area (Å²) in [7, 11) is 0. The first-order valence-electron chi connectivity index (χ1n) is 9.82. The molecule has 4 rings (SSSR count). The van der Waals surface area contributed by atoms with E-state index in [1.807, 2.05) is 12.1 Å². The first kappa shape index (κ1) is 18.7. The van der Waals surface area contributed by atoms with E-state index in [0.29, 0.717) is 17.5 Å². The highest BCUT2D eigenvalue weighted by atomic mass is 35.5. The van der Waals surface area contributed by atoms with E-state index in [1.165, 1.54) is 19.2 Å². The monoisotopic (exact) mass is 391 g/mol. The van der Waals surface area contributed by atoms with Gasteiger partial charge in [0.15, 0.2) is 0 Å². The minimum Gasteiger partial charge on any atom is -0.493 e. The second-order valence-corrected chi connectivity index (χ2v) is 7.62. The molecule has 0 amide bonds. The Balaban J connectivity index is 1.46. The summed E-state index contributed by atoms with van der Waals surface area (Å²) >= 11 is 6.33. The smallest absolute Gasteiger partial charge is 0.144 e. The van der Waals surface area contributed by atoms with E-state index in [0.717, 1.165) is 68.1 Å². The highest BCUT2D eigenvalue weighted by Crippen LogP contribution is 2.35. The molecule has 0 bridgehead atoms. The van der Waals surface area contributed by atoms with Crippen LogP contribution in [0.1, 0.15) is 32.1 Å². The average molecular weight is 392 g/mol. The fraction of sp³-hybridized carbons (Fsp3) is 0.600. The molecule has 7 heteroatoms. The Hall–Kier alpha value is -1.63. The Morgan fingerprint density at radius 3 is 2.89 bits per heavy atom. The SMILES string of the molecule is Clc1ncnc2cc(OCCCC3CCNC3)cc(OC3CCOCC3)c12. The Bertz CT molecular complexity index is 761. The van der Waals surface area contributed by atoms with Crippen LogP contribution in [0.2, 0.25) is 5.15 Å². The van der Waals surface area contributed by atoms with Gasteiger partial charge in [-0.1, -0.05) is 11.6 Å². The normalized spacial score (nSPS) is 20.9. The van der Waals surface area contributed by atoms with Crippen molar-refractivity contribution in [2.45, 2.75) is 38.2 Å². The van der Waals surface area contributed by atoms with Gasteiger partial charge in [-0.25, -0.2) is 9.97 Å². The summed E-state index contributed by atoms with van der Waals surface area (Å²) in [5.74, 6) is 2.24. The van der Waals surface area contributed by atoms with E-state index in [9.17, 15) is 0 Å². The van der Waals surface area contributed by atoms with Gasteiger partial charge in [-0.3, -0.25) is 0 Å². The predicted octanol–water partition coefficient (Wildman–Crippen LogP) is 3.61. The first-order chi connectivity index (χ1) is 13.3. The second kappa shape index (κ2) is 9.04. The molecule has 2 aliphatic rings. The number of ether oxygens (including phenoxy) is 3. The number of nitrogens with zero attached hydrogens (tertiary/aromatic N) is 2. The molecule has 3 heterocycles. The van der Waals surface area contributed by atoms with Crippen molar-refractivity contribution in [3.8, 4) is 11.5 Å². The van der Waals surface area contributed by atoms with Gasteiger partial charge in [0.1, 0.15) is 29.1 Å². The van der Waals surface area contributed by atoms with Crippen LogP contribution in [0.5, 0.6) is 11.5 Å². The summed E-state index contributed by atoms with van der Waals surface area (Å²) in [4.78, 5) is 8.47. The molecule has 2 saturated heterocycles. The van der Waals surface area contributed by atoms with Crippen LogP contribution < -0.4 is 14.8 Å². The molecule has 146 valence electrons. The highest BCUT2D eigenvalue weighted by Gasteiger charge is 2.19. The molecular formula is C20H26ClN3O3. The van der Waals surface area contributed by atoms with Gasteiger partial charge in [0.25, 0.3) is 0 Å². The molecule has 2 aromatic rings. The van der Waals surface area contributed by atoms with E-state index in [4.69, 9.17) is 25.8 Å². The van der Waals surface area contributed by atoms with Gasteiger partial charge in [-0.05, 0) is 38.3 Å². The molecule has 1 N–H and O–H groups in total. The zero-order chi connectivity index (χ0) is 18.5. The molecule has 1 unspecified atom stereocenters. The van der Waals surface area contributed by atoms with Crippen LogP contribution in [-0.4, -0.2) is 49.0 Å². The third kappa shape index (κ3) is 4.81. The summed E-state index contributed by atoms with van der Waals surface area (Å²) in [5, 5.41) is 4.56. The van der Waals surface area contributed by atoms with Crippen LogP contribution in [0.4, 0.5) is 0 Å². The Morgan fingerprint density at radius 1 is 1.19 bits per heavy atom. The van der Waals surface area contributed by atoms with Gasteiger partial charge < -0.3 is 19.5 Å². The van der Waals surface area contributed by atoms with Crippen LogP contribution in [0.3, 0.4) is 0 Å². The molecule has 0 radical (unpaired) electrons. The zero-order valence-corrected chi connectivity index (χ0v) is 16.2. The molecular weight excluding hydrogens is 366 g/mol. The van der Waals surface area contributed by atoms with Crippen molar-refractivity contribution in [1.82, 2.24) is 15.3 Å². The molecule has 0 saturated carbocycles. The lowest BCUT2D eigenvalue weighted by Gasteiger charge is -2.24. The van der Waals surface area contributed by atoms with Crippen molar-refractivity contribution in [3.05, 3.63) is 23.6 Å². The number of fused-ring (bicyclic) bond motifs is 1. The van der Waals surface area contributed by atoms with Crippen molar-refractivity contribution in [2.75, 3.05) is 32.9 Å². The number of halogens is 1. The van der Waals surface area contributed by atoms with E-state index in [2.05, 4.69) is 15.3 Å². The maximum atomic E-state index is 6.33. The van der Waals surface area contributed by atoms with Crippen LogP contribution in [0.25, 0.3) is 10.9 Å². The summed E-state index contributed by atoms with van der Waals surface area (Å²) in [6, 6.07) is 3.83. The number of hydrogen-bond acceptors (Lipinski definition) is 6. The number of nitrogens with one attached hydrogen (secondary N) is 1. The predicted molar refractivity (Wildman–Crippen MR) is 105 cm³/mol. The molecule has 0 spiro atoms. The fourth-order valence-electron chi connectivity index (χ4n) is 3.76. The summed E-state index contributed by atoms with van der Waals surface area (Å²) < 4.78 is 17.7. The lowest BCUT2D eigenvalue weighted by molar-refractivity contribution is 0.0261. The van der Waals surface area contributed by atoms with Gasteiger partial charge in [0.05, 0.1) is 30.7 Å². The molecule has 6 nitrogen and oxygen atoms in total. The number of aromatic nitrogens is 2. The Labute approximate surface area is 164 Å². The third-order valence-corrected chi connectivity index (χ3v) is 5.57. The number of benzene rings is 1. The summed E-state index contributed by atoms with van der Waals surface area (Å²) in [6.07, 6.45) is 6.84. The van der Waals surface area contributed by atoms with Crippen molar-refractivity contribution in [3.63, 3.8) is 0 Å².